The second-order valence-corrected chi connectivity index (χ2v) is 5.17. The van der Waals surface area contributed by atoms with Crippen LogP contribution >= 0.6 is 0 Å². The molecule has 1 amide bonds. The number of aliphatic hydroxyl groups excluding tert-OH is 1. The fourth-order valence-electron chi connectivity index (χ4n) is 1.43. The Bertz CT molecular complexity index is 512. The molecule has 22 heavy (non-hydrogen) atoms. The summed E-state index contributed by atoms with van der Waals surface area (Å²) in [6, 6.07) is 4.19. The van der Waals surface area contributed by atoms with Crippen LogP contribution in [0.4, 0.5) is 17.6 Å². The number of aliphatic hydroxyl groups is 1. The molecule has 0 saturated heterocycles. The van der Waals surface area contributed by atoms with E-state index in [2.05, 4.69) is 5.32 Å². The number of rotatable bonds is 6. The first kappa shape index (κ1) is 18.2. The molecule has 0 fully saturated rings. The number of nitrogens with one attached hydrogen (secondary N) is 1. The minimum atomic E-state index is -4.49. The number of ether oxygens (including phenoxy) is 1. The summed E-state index contributed by atoms with van der Waals surface area (Å²) >= 11 is 0. The summed E-state index contributed by atoms with van der Waals surface area (Å²) in [5.74, 6) is -0.961. The van der Waals surface area contributed by atoms with Crippen LogP contribution in [-0.4, -0.2) is 35.9 Å². The van der Waals surface area contributed by atoms with Gasteiger partial charge in [0.25, 0.3) is 5.91 Å². The van der Waals surface area contributed by atoms with Crippen LogP contribution in [0.25, 0.3) is 0 Å². The van der Waals surface area contributed by atoms with Gasteiger partial charge in [-0.2, -0.15) is 13.2 Å². The van der Waals surface area contributed by atoms with Crippen LogP contribution < -0.4 is 10.1 Å². The van der Waals surface area contributed by atoms with E-state index in [0.29, 0.717) is 0 Å². The minimum Gasteiger partial charge on any atom is -0.491 e. The lowest BCUT2D eigenvalue weighted by Gasteiger charge is -2.17. The van der Waals surface area contributed by atoms with Crippen LogP contribution in [0.1, 0.15) is 19.4 Å². The van der Waals surface area contributed by atoms with Crippen molar-refractivity contribution in [1.29, 1.82) is 0 Å². The van der Waals surface area contributed by atoms with Gasteiger partial charge in [0.15, 0.2) is 5.67 Å². The van der Waals surface area contributed by atoms with E-state index in [1.165, 1.54) is 12.1 Å². The molecule has 0 aromatic heterocycles. The zero-order valence-corrected chi connectivity index (χ0v) is 12.1. The zero-order valence-electron chi connectivity index (χ0n) is 12.1. The molecule has 0 aliphatic heterocycles. The van der Waals surface area contributed by atoms with Gasteiger partial charge in [-0.25, -0.2) is 4.39 Å². The highest BCUT2D eigenvalue weighted by Gasteiger charge is 2.30. The number of carbonyl (C=O) groups excluding carboxylic acids is 1. The molecule has 2 N–H and O–H groups in total. The zero-order chi connectivity index (χ0) is 17.0. The Labute approximate surface area is 125 Å². The predicted octanol–water partition coefficient (Wildman–Crippen LogP) is 2.31. The molecule has 1 atom stereocenters. The monoisotopic (exact) mass is 323 g/mol. The summed E-state index contributed by atoms with van der Waals surface area (Å²) < 4.78 is 55.7. The normalized spacial score (nSPS) is 13.6. The van der Waals surface area contributed by atoms with E-state index in [0.717, 1.165) is 26.0 Å². The van der Waals surface area contributed by atoms with E-state index < -0.39 is 29.4 Å². The topological polar surface area (TPSA) is 58.6 Å². The summed E-state index contributed by atoms with van der Waals surface area (Å²) in [5, 5.41) is 11.7. The maximum atomic E-state index is 13.2. The van der Waals surface area contributed by atoms with Crippen molar-refractivity contribution in [3.8, 4) is 5.75 Å². The molecule has 0 heterocycles. The molecule has 0 saturated carbocycles. The standard InChI is InChI=1S/C14H17F4NO3/c1-13(2,15)12(21)19-7-10(20)8-22-11-5-3-4-9(6-11)14(16,17)18/h3-6,10,20H,7-8H2,1-2H3,(H,19,21). The van der Waals surface area contributed by atoms with Crippen LogP contribution in [0.2, 0.25) is 0 Å². The van der Waals surface area contributed by atoms with E-state index in [9.17, 15) is 27.5 Å². The highest BCUT2D eigenvalue weighted by molar-refractivity contribution is 5.84. The molecule has 124 valence electrons. The van der Waals surface area contributed by atoms with Gasteiger partial charge in [0.1, 0.15) is 18.5 Å². The lowest BCUT2D eigenvalue weighted by Crippen LogP contribution is -2.43. The highest BCUT2D eigenvalue weighted by atomic mass is 19.4. The number of benzene rings is 1. The third-order valence-corrected chi connectivity index (χ3v) is 2.64. The molecule has 0 bridgehead atoms. The Morgan fingerprint density at radius 1 is 1.32 bits per heavy atom. The van der Waals surface area contributed by atoms with Gasteiger partial charge in [-0.15, -0.1) is 0 Å². The predicted molar refractivity (Wildman–Crippen MR) is 71.1 cm³/mol. The van der Waals surface area contributed by atoms with Crippen molar-refractivity contribution in [2.45, 2.75) is 31.8 Å². The van der Waals surface area contributed by atoms with Crippen molar-refractivity contribution < 1.29 is 32.2 Å². The van der Waals surface area contributed by atoms with Gasteiger partial charge in [-0.3, -0.25) is 4.79 Å². The van der Waals surface area contributed by atoms with Crippen molar-refractivity contribution in [3.63, 3.8) is 0 Å². The largest absolute Gasteiger partial charge is 0.491 e. The van der Waals surface area contributed by atoms with Crippen molar-refractivity contribution >= 4 is 5.91 Å². The van der Waals surface area contributed by atoms with Crippen molar-refractivity contribution in [2.24, 2.45) is 0 Å². The van der Waals surface area contributed by atoms with Gasteiger partial charge in [0.05, 0.1) is 5.56 Å². The van der Waals surface area contributed by atoms with Crippen LogP contribution in [0, 0.1) is 0 Å². The quantitative estimate of drug-likeness (QED) is 0.790. The number of hydrogen-bond acceptors (Lipinski definition) is 3. The smallest absolute Gasteiger partial charge is 0.416 e. The summed E-state index contributed by atoms with van der Waals surface area (Å²) in [6.07, 6.45) is -5.67. The third-order valence-electron chi connectivity index (χ3n) is 2.64. The summed E-state index contributed by atoms with van der Waals surface area (Å²) in [4.78, 5) is 11.2. The Hall–Kier alpha value is -1.83. The van der Waals surface area contributed by atoms with Gasteiger partial charge in [-0.05, 0) is 32.0 Å². The lowest BCUT2D eigenvalue weighted by atomic mass is 10.1. The first-order chi connectivity index (χ1) is 10.00. The van der Waals surface area contributed by atoms with E-state index in [4.69, 9.17) is 4.74 Å². The summed E-state index contributed by atoms with van der Waals surface area (Å²) in [7, 11) is 0. The SMILES string of the molecule is CC(C)(F)C(=O)NCC(O)COc1cccc(C(F)(F)F)c1. The Morgan fingerprint density at radius 2 is 1.95 bits per heavy atom. The molecule has 0 aliphatic carbocycles. The van der Waals surface area contributed by atoms with Crippen molar-refractivity contribution in [1.82, 2.24) is 5.32 Å². The van der Waals surface area contributed by atoms with Crippen molar-refractivity contribution in [2.75, 3.05) is 13.2 Å². The Morgan fingerprint density at radius 3 is 2.50 bits per heavy atom. The first-order valence-electron chi connectivity index (χ1n) is 6.45. The maximum absolute atomic E-state index is 13.2. The average molecular weight is 323 g/mol. The van der Waals surface area contributed by atoms with E-state index in [1.54, 1.807) is 0 Å². The number of hydrogen-bond donors (Lipinski definition) is 2. The van der Waals surface area contributed by atoms with Gasteiger partial charge in [-0.1, -0.05) is 6.07 Å². The summed E-state index contributed by atoms with van der Waals surface area (Å²) in [5.41, 5.74) is -2.95. The van der Waals surface area contributed by atoms with Crippen LogP contribution in [0.3, 0.4) is 0 Å². The van der Waals surface area contributed by atoms with Gasteiger partial charge in [0, 0.05) is 6.54 Å². The number of carbonyl (C=O) groups is 1. The molecule has 0 aliphatic rings. The third kappa shape index (κ3) is 5.88. The molecule has 8 heteroatoms. The average Bonchev–Trinajstić information content (AvgIpc) is 2.40. The maximum Gasteiger partial charge on any atom is 0.416 e. The second kappa shape index (κ2) is 6.95. The Balaban J connectivity index is 2.48. The molecule has 0 radical (unpaired) electrons. The minimum absolute atomic E-state index is 0.0639. The number of alkyl halides is 4. The number of amides is 1. The molecular formula is C14H17F4NO3. The fraction of sp³-hybridized carbons (Fsp3) is 0.500. The first-order valence-corrected chi connectivity index (χ1v) is 6.45. The second-order valence-electron chi connectivity index (χ2n) is 5.17. The van der Waals surface area contributed by atoms with Crippen molar-refractivity contribution in [3.05, 3.63) is 29.8 Å². The van der Waals surface area contributed by atoms with Crippen LogP contribution in [0.5, 0.6) is 5.75 Å². The molecule has 1 aromatic carbocycles. The fourth-order valence-corrected chi connectivity index (χ4v) is 1.43. The van der Waals surface area contributed by atoms with E-state index in [-0.39, 0.29) is 18.9 Å². The molecular weight excluding hydrogens is 306 g/mol. The van der Waals surface area contributed by atoms with Gasteiger partial charge >= 0.3 is 6.18 Å². The molecule has 1 unspecified atom stereocenters. The molecule has 1 aromatic rings. The Kier molecular flexibility index (Phi) is 5.76. The lowest BCUT2D eigenvalue weighted by molar-refractivity contribution is -0.137. The van der Waals surface area contributed by atoms with Crippen LogP contribution in [0.15, 0.2) is 24.3 Å². The molecule has 1 rings (SSSR count). The molecule has 0 spiro atoms. The molecule has 4 nitrogen and oxygen atoms in total. The van der Waals surface area contributed by atoms with Gasteiger partial charge < -0.3 is 15.2 Å². The summed E-state index contributed by atoms with van der Waals surface area (Å²) in [6.45, 7) is 1.52. The van der Waals surface area contributed by atoms with E-state index >= 15 is 0 Å². The number of halogens is 4. The van der Waals surface area contributed by atoms with Crippen LogP contribution in [-0.2, 0) is 11.0 Å². The van der Waals surface area contributed by atoms with Gasteiger partial charge in [0.2, 0.25) is 0 Å². The highest BCUT2D eigenvalue weighted by Crippen LogP contribution is 2.31. The van der Waals surface area contributed by atoms with E-state index in [1.807, 2.05) is 0 Å².